The molecule has 0 aliphatic rings. The van der Waals surface area contributed by atoms with Crippen LogP contribution in [-0.4, -0.2) is 41.2 Å². The van der Waals surface area contributed by atoms with E-state index in [1.165, 1.54) is 33.7 Å². The Bertz CT molecular complexity index is 976. The molecule has 1 N–H and O–H groups in total. The number of amides is 1. The van der Waals surface area contributed by atoms with Crippen LogP contribution in [0.15, 0.2) is 28.3 Å². The van der Waals surface area contributed by atoms with Crippen LogP contribution in [0.3, 0.4) is 0 Å². The number of hydrogen-bond donors (Lipinski definition) is 1. The second-order valence-electron chi connectivity index (χ2n) is 5.20. The van der Waals surface area contributed by atoms with Crippen molar-refractivity contribution in [2.45, 2.75) is 12.1 Å². The molecule has 0 atom stereocenters. The molecular weight excluding hydrogens is 362 g/mol. The van der Waals surface area contributed by atoms with Gasteiger partial charge in [-0.05, 0) is 13.0 Å². The molecule has 0 aliphatic heterocycles. The van der Waals surface area contributed by atoms with Gasteiger partial charge in [0.25, 0.3) is 0 Å². The minimum absolute atomic E-state index is 0.0934. The minimum Gasteiger partial charge on any atom is -0.318 e. The average Bonchev–Trinajstić information content (AvgIpc) is 3.14. The Morgan fingerprint density at radius 2 is 2.04 bits per heavy atom. The molecule has 0 bridgehead atoms. The summed E-state index contributed by atoms with van der Waals surface area (Å²) < 4.78 is 3.27. The van der Waals surface area contributed by atoms with Gasteiger partial charge in [0.2, 0.25) is 16.6 Å². The van der Waals surface area contributed by atoms with Crippen molar-refractivity contribution in [1.82, 2.24) is 29.5 Å². The molecule has 0 fully saturated rings. The predicted octanol–water partition coefficient (Wildman–Crippen LogP) is 1.07. The van der Waals surface area contributed by atoms with Gasteiger partial charge in [0.15, 0.2) is 11.0 Å². The van der Waals surface area contributed by atoms with E-state index in [0.29, 0.717) is 16.1 Å². The first-order chi connectivity index (χ1) is 11.9. The van der Waals surface area contributed by atoms with E-state index in [0.717, 1.165) is 10.6 Å². The quantitative estimate of drug-likeness (QED) is 0.663. The molecule has 0 aromatic carbocycles. The molecule has 3 aromatic rings. The number of nitrogens with zero attached hydrogens (tertiary/aromatic N) is 6. The summed E-state index contributed by atoms with van der Waals surface area (Å²) in [7, 11) is 3.49. The van der Waals surface area contributed by atoms with Crippen molar-refractivity contribution >= 4 is 34.1 Å². The van der Waals surface area contributed by atoms with Crippen molar-refractivity contribution < 1.29 is 4.79 Å². The fourth-order valence-electron chi connectivity index (χ4n) is 2.05. The standard InChI is InChI=1S/C14H15N7O2S2/c1-8-16-18-13(25-8)15-10(22)7-24-14-19-17-12(21(14)3)9-4-5-11(23)20(2)6-9/h4-6H,7H2,1-3H3,(H,15,18,22). The number of thioether (sulfide) groups is 1. The second kappa shape index (κ2) is 7.15. The van der Waals surface area contributed by atoms with E-state index in [2.05, 4.69) is 25.7 Å². The van der Waals surface area contributed by atoms with Gasteiger partial charge in [0.05, 0.1) is 5.75 Å². The molecule has 9 nitrogen and oxygen atoms in total. The highest BCUT2D eigenvalue weighted by Gasteiger charge is 2.14. The van der Waals surface area contributed by atoms with E-state index in [4.69, 9.17) is 0 Å². The topological polar surface area (TPSA) is 108 Å². The summed E-state index contributed by atoms with van der Waals surface area (Å²) >= 11 is 2.59. The van der Waals surface area contributed by atoms with E-state index in [-0.39, 0.29) is 17.2 Å². The number of hydrogen-bond acceptors (Lipinski definition) is 8. The van der Waals surface area contributed by atoms with Crippen LogP contribution in [0.5, 0.6) is 0 Å². The van der Waals surface area contributed by atoms with Gasteiger partial charge in [-0.15, -0.1) is 20.4 Å². The maximum atomic E-state index is 12.0. The van der Waals surface area contributed by atoms with Crippen LogP contribution in [0, 0.1) is 6.92 Å². The van der Waals surface area contributed by atoms with Gasteiger partial charge >= 0.3 is 0 Å². The number of pyridine rings is 1. The van der Waals surface area contributed by atoms with Crippen LogP contribution in [0.25, 0.3) is 11.4 Å². The van der Waals surface area contributed by atoms with E-state index in [1.54, 1.807) is 23.9 Å². The van der Waals surface area contributed by atoms with Crippen LogP contribution >= 0.6 is 23.1 Å². The summed E-state index contributed by atoms with van der Waals surface area (Å²) in [6.07, 6.45) is 1.70. The maximum absolute atomic E-state index is 12.0. The fraction of sp³-hybridized carbons (Fsp3) is 0.286. The van der Waals surface area contributed by atoms with Crippen LogP contribution in [-0.2, 0) is 18.9 Å². The number of anilines is 1. The molecule has 0 saturated carbocycles. The zero-order valence-corrected chi connectivity index (χ0v) is 15.4. The first-order valence-electron chi connectivity index (χ1n) is 7.23. The molecule has 130 valence electrons. The van der Waals surface area contributed by atoms with Gasteiger partial charge < -0.3 is 9.13 Å². The number of carbonyl (C=O) groups excluding carboxylic acids is 1. The lowest BCUT2D eigenvalue weighted by molar-refractivity contribution is -0.113. The van der Waals surface area contributed by atoms with E-state index in [1.807, 2.05) is 14.0 Å². The van der Waals surface area contributed by atoms with E-state index >= 15 is 0 Å². The lowest BCUT2D eigenvalue weighted by Crippen LogP contribution is -2.15. The Labute approximate surface area is 151 Å². The molecule has 0 radical (unpaired) electrons. The van der Waals surface area contributed by atoms with Crippen molar-refractivity contribution in [3.63, 3.8) is 0 Å². The van der Waals surface area contributed by atoms with Gasteiger partial charge in [-0.2, -0.15) is 0 Å². The largest absolute Gasteiger partial charge is 0.318 e. The summed E-state index contributed by atoms with van der Waals surface area (Å²) in [5.41, 5.74) is 0.682. The van der Waals surface area contributed by atoms with Gasteiger partial charge in [0, 0.05) is 31.9 Å². The number of rotatable bonds is 5. The zero-order valence-electron chi connectivity index (χ0n) is 13.8. The fourth-order valence-corrected chi connectivity index (χ4v) is 3.37. The van der Waals surface area contributed by atoms with Gasteiger partial charge in [-0.1, -0.05) is 23.1 Å². The van der Waals surface area contributed by atoms with Crippen LogP contribution in [0.4, 0.5) is 5.13 Å². The third-order valence-electron chi connectivity index (χ3n) is 3.28. The summed E-state index contributed by atoms with van der Waals surface area (Å²) in [6, 6.07) is 3.18. The highest BCUT2D eigenvalue weighted by Crippen LogP contribution is 2.22. The van der Waals surface area contributed by atoms with Crippen molar-refractivity contribution in [2.24, 2.45) is 14.1 Å². The molecule has 0 saturated heterocycles. The van der Waals surface area contributed by atoms with E-state index < -0.39 is 0 Å². The van der Waals surface area contributed by atoms with Crippen molar-refractivity contribution in [3.05, 3.63) is 33.7 Å². The normalized spacial score (nSPS) is 10.8. The van der Waals surface area contributed by atoms with Gasteiger partial charge in [-0.3, -0.25) is 14.9 Å². The monoisotopic (exact) mass is 377 g/mol. The molecule has 0 aliphatic carbocycles. The molecule has 11 heteroatoms. The summed E-state index contributed by atoms with van der Waals surface area (Å²) in [4.78, 5) is 23.5. The highest BCUT2D eigenvalue weighted by atomic mass is 32.2. The molecule has 0 spiro atoms. The Morgan fingerprint density at radius 3 is 2.72 bits per heavy atom. The predicted molar refractivity (Wildman–Crippen MR) is 95.7 cm³/mol. The summed E-state index contributed by atoms with van der Waals surface area (Å²) in [5.74, 6) is 0.615. The van der Waals surface area contributed by atoms with Crippen LogP contribution in [0.2, 0.25) is 0 Å². The van der Waals surface area contributed by atoms with Crippen LogP contribution < -0.4 is 10.9 Å². The Morgan fingerprint density at radius 1 is 1.24 bits per heavy atom. The molecule has 25 heavy (non-hydrogen) atoms. The van der Waals surface area contributed by atoms with Crippen molar-refractivity contribution in [2.75, 3.05) is 11.1 Å². The first-order valence-corrected chi connectivity index (χ1v) is 9.03. The average molecular weight is 377 g/mol. The van der Waals surface area contributed by atoms with Gasteiger partial charge in [0.1, 0.15) is 5.01 Å². The smallest absolute Gasteiger partial charge is 0.250 e. The number of carbonyl (C=O) groups is 1. The number of aromatic nitrogens is 6. The van der Waals surface area contributed by atoms with Crippen molar-refractivity contribution in [1.29, 1.82) is 0 Å². The minimum atomic E-state index is -0.187. The number of nitrogens with one attached hydrogen (secondary N) is 1. The summed E-state index contributed by atoms with van der Waals surface area (Å²) in [5, 5.41) is 20.5. The van der Waals surface area contributed by atoms with Gasteiger partial charge in [-0.25, -0.2) is 0 Å². The Kier molecular flexibility index (Phi) is 4.95. The Hall–Kier alpha value is -2.53. The summed E-state index contributed by atoms with van der Waals surface area (Å²) in [6.45, 7) is 1.82. The lowest BCUT2D eigenvalue weighted by atomic mass is 10.2. The second-order valence-corrected chi connectivity index (χ2v) is 7.32. The molecular formula is C14H15N7O2S2. The zero-order chi connectivity index (χ0) is 18.0. The number of aryl methyl sites for hydroxylation is 2. The molecule has 3 rings (SSSR count). The Balaban J connectivity index is 1.67. The maximum Gasteiger partial charge on any atom is 0.250 e. The first kappa shape index (κ1) is 17.3. The molecule has 0 unspecified atom stereocenters. The van der Waals surface area contributed by atoms with Crippen LogP contribution in [0.1, 0.15) is 5.01 Å². The molecule has 3 heterocycles. The molecule has 1 amide bonds. The van der Waals surface area contributed by atoms with Crippen molar-refractivity contribution in [3.8, 4) is 11.4 Å². The SMILES string of the molecule is Cc1nnc(NC(=O)CSc2nnc(-c3ccc(=O)n(C)c3)n2C)s1. The lowest BCUT2D eigenvalue weighted by Gasteiger charge is -2.05. The highest BCUT2D eigenvalue weighted by molar-refractivity contribution is 7.99. The third kappa shape index (κ3) is 3.94. The third-order valence-corrected chi connectivity index (χ3v) is 5.06. The van der Waals surface area contributed by atoms with E-state index in [9.17, 15) is 9.59 Å². The molecule has 3 aromatic heterocycles.